The van der Waals surface area contributed by atoms with E-state index in [-0.39, 0.29) is 54.5 Å². The second-order valence-electron chi connectivity index (χ2n) is 11.8. The van der Waals surface area contributed by atoms with Crippen molar-refractivity contribution in [1.82, 2.24) is 5.32 Å². The first-order chi connectivity index (χ1) is 23.3. The third kappa shape index (κ3) is 10.2. The van der Waals surface area contributed by atoms with Crippen LogP contribution in [-0.2, 0) is 28.9 Å². The van der Waals surface area contributed by atoms with Crippen molar-refractivity contribution in [3.05, 3.63) is 130 Å². The molecule has 0 saturated carbocycles. The SMILES string of the molecule is CC(C)Oc1cc(C(=O)Cc2ccc(C(=O)O)cc2)ccc1CC(=O)c1ccc(CC(=O)[C@H](CC(N)=O)NC(=O)c2ccc(N)cc2)cc1. The monoisotopic (exact) mass is 663 g/mol. The fourth-order valence-electron chi connectivity index (χ4n) is 5.02. The van der Waals surface area contributed by atoms with Crippen LogP contribution >= 0.6 is 0 Å². The minimum absolute atomic E-state index is 0.0106. The van der Waals surface area contributed by atoms with E-state index in [0.717, 1.165) is 0 Å². The van der Waals surface area contributed by atoms with Gasteiger partial charge < -0.3 is 26.6 Å². The standard InChI is InChI=1S/C38H37N3O8/c1-22(2)49-35-20-28(32(42)17-23-5-9-27(10-6-23)38(47)48)11-12-29(35)19-33(43)25-7-3-24(4-8-25)18-34(44)31(21-36(40)45)41-37(46)26-13-15-30(39)16-14-26/h3-16,20,22,31H,17-19,21,39H2,1-2H3,(H2,40,45)(H,41,46)(H,47,48)/t31-/m0/s1. The topological polar surface area (TPSA) is 196 Å². The van der Waals surface area contributed by atoms with Gasteiger partial charge in [0.1, 0.15) is 5.75 Å². The summed E-state index contributed by atoms with van der Waals surface area (Å²) < 4.78 is 5.96. The molecule has 0 unspecified atom stereocenters. The molecule has 1 atom stereocenters. The van der Waals surface area contributed by atoms with E-state index in [4.69, 9.17) is 21.3 Å². The van der Waals surface area contributed by atoms with Gasteiger partial charge in [-0.15, -0.1) is 0 Å². The molecule has 4 rings (SSSR count). The van der Waals surface area contributed by atoms with Crippen LogP contribution in [0.25, 0.3) is 0 Å². The largest absolute Gasteiger partial charge is 0.491 e. The summed E-state index contributed by atoms with van der Waals surface area (Å²) in [7, 11) is 0. The molecule has 2 amide bonds. The number of aromatic carboxylic acids is 1. The molecule has 11 heteroatoms. The number of hydrogen-bond donors (Lipinski definition) is 4. The summed E-state index contributed by atoms with van der Waals surface area (Å²) in [4.78, 5) is 74.9. The van der Waals surface area contributed by atoms with Crippen LogP contribution in [0.3, 0.4) is 0 Å². The first-order valence-corrected chi connectivity index (χ1v) is 15.5. The number of nitrogen functional groups attached to an aromatic ring is 1. The zero-order valence-corrected chi connectivity index (χ0v) is 27.1. The summed E-state index contributed by atoms with van der Waals surface area (Å²) in [5.74, 6) is -2.78. The van der Waals surface area contributed by atoms with Crippen LogP contribution in [0.1, 0.15) is 78.4 Å². The molecule has 11 nitrogen and oxygen atoms in total. The number of ketones is 3. The minimum atomic E-state index is -1.14. The number of nitrogens with two attached hydrogens (primary N) is 2. The zero-order chi connectivity index (χ0) is 35.7. The number of hydrogen-bond acceptors (Lipinski definition) is 8. The molecule has 49 heavy (non-hydrogen) atoms. The van der Waals surface area contributed by atoms with Crippen molar-refractivity contribution in [3.8, 4) is 5.75 Å². The van der Waals surface area contributed by atoms with Crippen molar-refractivity contribution in [2.75, 3.05) is 5.73 Å². The van der Waals surface area contributed by atoms with Crippen molar-refractivity contribution in [3.63, 3.8) is 0 Å². The van der Waals surface area contributed by atoms with Gasteiger partial charge >= 0.3 is 5.97 Å². The third-order valence-electron chi connectivity index (χ3n) is 7.59. The number of carbonyl (C=O) groups excluding carboxylic acids is 5. The molecular formula is C38H37N3O8. The Morgan fingerprint density at radius 1 is 0.694 bits per heavy atom. The number of primary amides is 1. The lowest BCUT2D eigenvalue weighted by Gasteiger charge is -2.17. The molecule has 0 aromatic heterocycles. The molecule has 0 saturated heterocycles. The van der Waals surface area contributed by atoms with Crippen molar-refractivity contribution in [2.24, 2.45) is 5.73 Å². The molecule has 0 fully saturated rings. The van der Waals surface area contributed by atoms with Crippen LogP contribution in [0, 0.1) is 0 Å². The van der Waals surface area contributed by atoms with Gasteiger partial charge in [0.25, 0.3) is 5.91 Å². The summed E-state index contributed by atoms with van der Waals surface area (Å²) in [5.41, 5.74) is 14.5. The number of anilines is 1. The number of amides is 2. The number of Topliss-reactive ketones (excluding diaryl/α,β-unsaturated/α-hetero) is 3. The Morgan fingerprint density at radius 2 is 1.22 bits per heavy atom. The first-order valence-electron chi connectivity index (χ1n) is 15.5. The molecule has 0 spiro atoms. The predicted octanol–water partition coefficient (Wildman–Crippen LogP) is 4.39. The normalized spacial score (nSPS) is 11.4. The van der Waals surface area contributed by atoms with Gasteiger partial charge in [0.05, 0.1) is 24.1 Å². The summed E-state index contributed by atoms with van der Waals surface area (Å²) in [6.07, 6.45) is -0.661. The summed E-state index contributed by atoms with van der Waals surface area (Å²) >= 11 is 0. The summed E-state index contributed by atoms with van der Waals surface area (Å²) in [6.45, 7) is 3.67. The van der Waals surface area contributed by atoms with Crippen molar-refractivity contribution in [2.45, 2.75) is 51.7 Å². The molecule has 0 aliphatic rings. The van der Waals surface area contributed by atoms with E-state index in [2.05, 4.69) is 5.32 Å². The Kier molecular flexibility index (Phi) is 11.8. The Bertz CT molecular complexity index is 1860. The molecule has 0 bridgehead atoms. The van der Waals surface area contributed by atoms with Gasteiger partial charge in [-0.3, -0.25) is 24.0 Å². The molecule has 4 aromatic carbocycles. The Balaban J connectivity index is 1.42. The molecule has 4 aromatic rings. The lowest BCUT2D eigenvalue weighted by molar-refractivity contribution is -0.125. The maximum absolute atomic E-state index is 13.3. The predicted molar refractivity (Wildman–Crippen MR) is 183 cm³/mol. The highest BCUT2D eigenvalue weighted by Gasteiger charge is 2.24. The van der Waals surface area contributed by atoms with Gasteiger partial charge in [0.2, 0.25) is 5.91 Å². The second kappa shape index (κ2) is 16.1. The van der Waals surface area contributed by atoms with Crippen molar-refractivity contribution >= 4 is 40.8 Å². The third-order valence-corrected chi connectivity index (χ3v) is 7.59. The lowest BCUT2D eigenvalue weighted by atomic mass is 9.96. The van der Waals surface area contributed by atoms with Crippen LogP contribution in [0.5, 0.6) is 5.75 Å². The average Bonchev–Trinajstić information content (AvgIpc) is 3.05. The summed E-state index contributed by atoms with van der Waals surface area (Å²) in [6, 6.07) is 22.4. The van der Waals surface area contributed by atoms with Gasteiger partial charge in [-0.1, -0.05) is 48.5 Å². The molecule has 0 aliphatic carbocycles. The smallest absolute Gasteiger partial charge is 0.335 e. The first kappa shape index (κ1) is 35.7. The van der Waals surface area contributed by atoms with Crippen LogP contribution in [0.2, 0.25) is 0 Å². The van der Waals surface area contributed by atoms with Gasteiger partial charge in [0, 0.05) is 47.2 Å². The highest BCUT2D eigenvalue weighted by molar-refractivity contribution is 6.01. The van der Waals surface area contributed by atoms with Gasteiger partial charge in [-0.05, 0) is 67.4 Å². The maximum atomic E-state index is 13.3. The number of rotatable bonds is 16. The Labute approximate surface area is 283 Å². The van der Waals surface area contributed by atoms with Gasteiger partial charge in [-0.25, -0.2) is 4.79 Å². The van der Waals surface area contributed by atoms with Crippen LogP contribution < -0.4 is 21.5 Å². The van der Waals surface area contributed by atoms with E-state index >= 15 is 0 Å². The van der Waals surface area contributed by atoms with E-state index in [1.165, 1.54) is 24.3 Å². The molecule has 0 radical (unpaired) electrons. The van der Waals surface area contributed by atoms with Crippen molar-refractivity contribution in [1.29, 1.82) is 0 Å². The quantitative estimate of drug-likeness (QED) is 0.0993. The fourth-order valence-corrected chi connectivity index (χ4v) is 5.02. The highest BCUT2D eigenvalue weighted by atomic mass is 16.5. The minimum Gasteiger partial charge on any atom is -0.491 e. The average molecular weight is 664 g/mol. The van der Waals surface area contributed by atoms with E-state index < -0.39 is 29.6 Å². The fraction of sp³-hybridized carbons (Fsp3) is 0.211. The number of ether oxygens (including phenoxy) is 1. The lowest BCUT2D eigenvalue weighted by Crippen LogP contribution is -2.44. The molecular weight excluding hydrogens is 626 g/mol. The van der Waals surface area contributed by atoms with Crippen molar-refractivity contribution < 1.29 is 38.6 Å². The maximum Gasteiger partial charge on any atom is 0.335 e. The zero-order valence-electron chi connectivity index (χ0n) is 27.1. The highest BCUT2D eigenvalue weighted by Crippen LogP contribution is 2.25. The molecule has 252 valence electrons. The van der Waals surface area contributed by atoms with Gasteiger partial charge in [0.15, 0.2) is 17.3 Å². The van der Waals surface area contributed by atoms with Gasteiger partial charge in [-0.2, -0.15) is 0 Å². The summed E-state index contributed by atoms with van der Waals surface area (Å²) in [5, 5.41) is 11.7. The molecule has 0 heterocycles. The second-order valence-corrected chi connectivity index (χ2v) is 11.8. The van der Waals surface area contributed by atoms with Crippen LogP contribution in [0.15, 0.2) is 91.0 Å². The van der Waals surface area contributed by atoms with E-state index in [9.17, 15) is 28.8 Å². The molecule has 0 aliphatic heterocycles. The van der Waals surface area contributed by atoms with Crippen LogP contribution in [0.4, 0.5) is 5.69 Å². The number of benzene rings is 4. The van der Waals surface area contributed by atoms with E-state index in [0.29, 0.717) is 39.3 Å². The number of carboxylic acids is 1. The molecule has 6 N–H and O–H groups in total. The Hall–Kier alpha value is -6.10. The van der Waals surface area contributed by atoms with E-state index in [1.54, 1.807) is 66.7 Å². The number of carboxylic acid groups (broad SMARTS) is 1. The Morgan fingerprint density at radius 3 is 1.80 bits per heavy atom. The number of nitrogens with one attached hydrogen (secondary N) is 1. The number of carbonyl (C=O) groups is 6. The van der Waals surface area contributed by atoms with Crippen LogP contribution in [-0.4, -0.2) is 52.4 Å². The van der Waals surface area contributed by atoms with E-state index in [1.807, 2.05) is 13.8 Å².